The lowest BCUT2D eigenvalue weighted by atomic mass is 10.2. The summed E-state index contributed by atoms with van der Waals surface area (Å²) in [6.45, 7) is 8.94. The molecular formula is C13H23N3O2S. The second-order valence-electron chi connectivity index (χ2n) is 5.50. The molecule has 0 atom stereocenters. The van der Waals surface area contributed by atoms with E-state index in [9.17, 15) is 8.42 Å². The van der Waals surface area contributed by atoms with Crippen molar-refractivity contribution in [3.63, 3.8) is 0 Å². The molecule has 1 aromatic heterocycles. The molecule has 1 rings (SSSR count). The van der Waals surface area contributed by atoms with Crippen molar-refractivity contribution in [2.75, 3.05) is 18.8 Å². The van der Waals surface area contributed by atoms with Crippen LogP contribution < -0.4 is 5.73 Å². The molecular weight excluding hydrogens is 262 g/mol. The van der Waals surface area contributed by atoms with E-state index in [2.05, 4.69) is 4.98 Å². The van der Waals surface area contributed by atoms with Crippen LogP contribution in [0.2, 0.25) is 0 Å². The number of hydrogen-bond acceptors (Lipinski definition) is 4. The van der Waals surface area contributed by atoms with E-state index in [1.807, 2.05) is 27.7 Å². The molecule has 1 aromatic rings. The average molecular weight is 285 g/mol. The Hall–Kier alpha value is -1.14. The maximum atomic E-state index is 12.6. The van der Waals surface area contributed by atoms with Crippen molar-refractivity contribution >= 4 is 15.8 Å². The number of sulfonamides is 1. The molecule has 6 heteroatoms. The third-order valence-electron chi connectivity index (χ3n) is 2.56. The van der Waals surface area contributed by atoms with E-state index in [1.54, 1.807) is 6.07 Å². The molecule has 0 aliphatic rings. The van der Waals surface area contributed by atoms with Crippen LogP contribution in [0, 0.1) is 11.8 Å². The third kappa shape index (κ3) is 4.18. The van der Waals surface area contributed by atoms with Crippen LogP contribution in [-0.4, -0.2) is 30.8 Å². The summed E-state index contributed by atoms with van der Waals surface area (Å²) < 4.78 is 26.8. The van der Waals surface area contributed by atoms with Crippen LogP contribution in [0.1, 0.15) is 27.7 Å². The van der Waals surface area contributed by atoms with Crippen LogP contribution in [0.4, 0.5) is 5.82 Å². The molecule has 0 fully saturated rings. The molecule has 0 amide bonds. The van der Waals surface area contributed by atoms with E-state index in [0.29, 0.717) is 13.1 Å². The topological polar surface area (TPSA) is 76.3 Å². The number of rotatable bonds is 6. The summed E-state index contributed by atoms with van der Waals surface area (Å²) in [6.07, 6.45) is 1.49. The molecule has 0 spiro atoms. The number of nitrogens with zero attached hydrogens (tertiary/aromatic N) is 2. The van der Waals surface area contributed by atoms with Gasteiger partial charge in [0.05, 0.1) is 0 Å². The Morgan fingerprint density at radius 2 is 1.74 bits per heavy atom. The van der Waals surface area contributed by atoms with Gasteiger partial charge in [0, 0.05) is 19.3 Å². The van der Waals surface area contributed by atoms with Crippen LogP contribution in [0.5, 0.6) is 0 Å². The van der Waals surface area contributed by atoms with Crippen molar-refractivity contribution in [2.45, 2.75) is 32.6 Å². The fourth-order valence-corrected chi connectivity index (χ4v) is 3.68. The molecule has 0 aliphatic heterocycles. The van der Waals surface area contributed by atoms with E-state index >= 15 is 0 Å². The standard InChI is InChI=1S/C13H23N3O2S/c1-10(2)8-16(9-11(3)4)19(17,18)12-6-5-7-15-13(12)14/h5-7,10-11H,8-9H2,1-4H3,(H2,14,15). The Kier molecular flexibility index (Phi) is 5.31. The summed E-state index contributed by atoms with van der Waals surface area (Å²) in [4.78, 5) is 3.95. The Morgan fingerprint density at radius 3 is 2.16 bits per heavy atom. The van der Waals surface area contributed by atoms with Gasteiger partial charge in [0.1, 0.15) is 10.7 Å². The van der Waals surface area contributed by atoms with Crippen LogP contribution in [0.15, 0.2) is 23.2 Å². The summed E-state index contributed by atoms with van der Waals surface area (Å²) >= 11 is 0. The van der Waals surface area contributed by atoms with Crippen LogP contribution in [0.3, 0.4) is 0 Å². The van der Waals surface area contributed by atoms with Gasteiger partial charge in [-0.1, -0.05) is 27.7 Å². The number of nitrogen functional groups attached to an aromatic ring is 1. The largest absolute Gasteiger partial charge is 0.383 e. The highest BCUT2D eigenvalue weighted by Crippen LogP contribution is 2.22. The molecule has 0 bridgehead atoms. The van der Waals surface area contributed by atoms with Gasteiger partial charge in [-0.3, -0.25) is 0 Å². The molecule has 1 heterocycles. The minimum absolute atomic E-state index is 0.0556. The molecule has 108 valence electrons. The number of pyridine rings is 1. The van der Waals surface area contributed by atoms with Crippen molar-refractivity contribution < 1.29 is 8.42 Å². The second-order valence-corrected chi connectivity index (χ2v) is 7.40. The van der Waals surface area contributed by atoms with E-state index in [0.717, 1.165) is 0 Å². The first kappa shape index (κ1) is 15.9. The minimum atomic E-state index is -3.58. The van der Waals surface area contributed by atoms with E-state index in [1.165, 1.54) is 16.6 Å². The first-order chi connectivity index (χ1) is 8.75. The molecule has 0 aromatic carbocycles. The maximum absolute atomic E-state index is 12.6. The molecule has 0 radical (unpaired) electrons. The predicted molar refractivity (Wildman–Crippen MR) is 77.1 cm³/mol. The van der Waals surface area contributed by atoms with Gasteiger partial charge in [-0.25, -0.2) is 13.4 Å². The Labute approximate surface area is 115 Å². The lowest BCUT2D eigenvalue weighted by Crippen LogP contribution is -2.37. The zero-order chi connectivity index (χ0) is 14.6. The molecule has 0 unspecified atom stereocenters. The number of hydrogen-bond donors (Lipinski definition) is 1. The summed E-state index contributed by atoms with van der Waals surface area (Å²) in [5, 5.41) is 0. The normalized spacial score (nSPS) is 12.6. The summed E-state index contributed by atoms with van der Waals surface area (Å²) in [6, 6.07) is 3.09. The van der Waals surface area contributed by atoms with E-state index < -0.39 is 10.0 Å². The smallest absolute Gasteiger partial charge is 0.246 e. The van der Waals surface area contributed by atoms with Gasteiger partial charge in [0.25, 0.3) is 0 Å². The fraction of sp³-hybridized carbons (Fsp3) is 0.615. The summed E-state index contributed by atoms with van der Waals surface area (Å²) in [5.41, 5.74) is 5.69. The number of anilines is 1. The third-order valence-corrected chi connectivity index (χ3v) is 4.43. The molecule has 0 saturated heterocycles. The zero-order valence-corrected chi connectivity index (χ0v) is 12.8. The van der Waals surface area contributed by atoms with Crippen LogP contribution >= 0.6 is 0 Å². The van der Waals surface area contributed by atoms with Gasteiger partial charge in [-0.15, -0.1) is 0 Å². The van der Waals surface area contributed by atoms with Crippen molar-refractivity contribution in [1.82, 2.24) is 9.29 Å². The van der Waals surface area contributed by atoms with Gasteiger partial charge in [0.15, 0.2) is 0 Å². The Balaban J connectivity index is 3.16. The monoisotopic (exact) mass is 285 g/mol. The Morgan fingerprint density at radius 1 is 1.21 bits per heavy atom. The highest BCUT2D eigenvalue weighted by Gasteiger charge is 2.27. The van der Waals surface area contributed by atoms with Gasteiger partial charge < -0.3 is 5.73 Å². The van der Waals surface area contributed by atoms with Crippen molar-refractivity contribution in [3.05, 3.63) is 18.3 Å². The first-order valence-electron chi connectivity index (χ1n) is 6.45. The van der Waals surface area contributed by atoms with Crippen LogP contribution in [-0.2, 0) is 10.0 Å². The minimum Gasteiger partial charge on any atom is -0.383 e. The highest BCUT2D eigenvalue weighted by atomic mass is 32.2. The number of aromatic nitrogens is 1. The van der Waals surface area contributed by atoms with E-state index in [4.69, 9.17) is 5.73 Å². The highest BCUT2D eigenvalue weighted by molar-refractivity contribution is 7.89. The second kappa shape index (κ2) is 6.34. The van der Waals surface area contributed by atoms with Crippen LogP contribution in [0.25, 0.3) is 0 Å². The summed E-state index contributed by atoms with van der Waals surface area (Å²) in [5.74, 6) is 0.567. The Bertz CT molecular complexity index is 502. The maximum Gasteiger partial charge on any atom is 0.246 e. The summed E-state index contributed by atoms with van der Waals surface area (Å²) in [7, 11) is -3.58. The van der Waals surface area contributed by atoms with Gasteiger partial charge in [0.2, 0.25) is 10.0 Å². The quantitative estimate of drug-likeness (QED) is 0.867. The molecule has 19 heavy (non-hydrogen) atoms. The van der Waals surface area contributed by atoms with Crippen molar-refractivity contribution in [3.8, 4) is 0 Å². The lowest BCUT2D eigenvalue weighted by Gasteiger charge is -2.25. The number of nitrogens with two attached hydrogens (primary N) is 1. The lowest BCUT2D eigenvalue weighted by molar-refractivity contribution is 0.333. The van der Waals surface area contributed by atoms with Crippen molar-refractivity contribution in [1.29, 1.82) is 0 Å². The predicted octanol–water partition coefficient (Wildman–Crippen LogP) is 1.97. The van der Waals surface area contributed by atoms with Crippen molar-refractivity contribution in [2.24, 2.45) is 11.8 Å². The molecule has 5 nitrogen and oxygen atoms in total. The molecule has 2 N–H and O–H groups in total. The van der Waals surface area contributed by atoms with E-state index in [-0.39, 0.29) is 22.5 Å². The van der Waals surface area contributed by atoms with Gasteiger partial charge in [-0.2, -0.15) is 4.31 Å². The first-order valence-corrected chi connectivity index (χ1v) is 7.89. The van der Waals surface area contributed by atoms with Gasteiger partial charge >= 0.3 is 0 Å². The average Bonchev–Trinajstić information content (AvgIpc) is 2.27. The fourth-order valence-electron chi connectivity index (χ4n) is 1.85. The molecule has 0 aliphatic carbocycles. The SMILES string of the molecule is CC(C)CN(CC(C)C)S(=O)(=O)c1cccnc1N. The molecule has 0 saturated carbocycles. The van der Waals surface area contributed by atoms with Gasteiger partial charge in [-0.05, 0) is 24.0 Å². The zero-order valence-electron chi connectivity index (χ0n) is 12.0.